The Morgan fingerprint density at radius 1 is 1.25 bits per heavy atom. The minimum absolute atomic E-state index is 0.120. The van der Waals surface area contributed by atoms with Gasteiger partial charge in [0.1, 0.15) is 12.3 Å². The Kier molecular flexibility index (Phi) is 6.49. The number of ether oxygens (including phenoxy) is 3. The summed E-state index contributed by atoms with van der Waals surface area (Å²) in [5.41, 5.74) is 0.422. The van der Waals surface area contributed by atoms with Gasteiger partial charge in [0.15, 0.2) is 17.3 Å². The van der Waals surface area contributed by atoms with E-state index >= 15 is 0 Å². The Bertz CT molecular complexity index is 835. The Morgan fingerprint density at radius 3 is 2.82 bits per heavy atom. The van der Waals surface area contributed by atoms with Gasteiger partial charge in [0, 0.05) is 31.4 Å². The van der Waals surface area contributed by atoms with E-state index in [-0.39, 0.29) is 25.2 Å². The summed E-state index contributed by atoms with van der Waals surface area (Å²) in [6, 6.07) is 6.58. The lowest BCUT2D eigenvalue weighted by Gasteiger charge is -2.22. The number of fused-ring (bicyclic) bond motifs is 1. The summed E-state index contributed by atoms with van der Waals surface area (Å²) >= 11 is 0. The van der Waals surface area contributed by atoms with E-state index in [1.807, 2.05) is 6.92 Å². The second-order valence-electron chi connectivity index (χ2n) is 6.22. The Hall–Kier alpha value is -3.07. The SMILES string of the molecule is CCOCCCN(CC(=O)Nc1cc(C)on1)C(=O)c1ccc2c(c1)OCO2. The predicted molar refractivity (Wildman–Crippen MR) is 99.4 cm³/mol. The van der Waals surface area contributed by atoms with Gasteiger partial charge in [-0.2, -0.15) is 0 Å². The van der Waals surface area contributed by atoms with Gasteiger partial charge in [-0.15, -0.1) is 0 Å². The van der Waals surface area contributed by atoms with Crippen molar-refractivity contribution in [3.63, 3.8) is 0 Å². The number of anilines is 1. The van der Waals surface area contributed by atoms with E-state index < -0.39 is 0 Å². The quantitative estimate of drug-likeness (QED) is 0.656. The summed E-state index contributed by atoms with van der Waals surface area (Å²) in [5.74, 6) is 1.37. The molecule has 0 aliphatic carbocycles. The van der Waals surface area contributed by atoms with Gasteiger partial charge < -0.3 is 29.0 Å². The van der Waals surface area contributed by atoms with Crippen molar-refractivity contribution in [3.8, 4) is 11.5 Å². The highest BCUT2D eigenvalue weighted by Gasteiger charge is 2.22. The topological polar surface area (TPSA) is 103 Å². The van der Waals surface area contributed by atoms with Crippen LogP contribution in [0.3, 0.4) is 0 Å². The van der Waals surface area contributed by atoms with Gasteiger partial charge in [0.05, 0.1) is 0 Å². The van der Waals surface area contributed by atoms with Crippen molar-refractivity contribution in [1.82, 2.24) is 10.1 Å². The summed E-state index contributed by atoms with van der Waals surface area (Å²) in [7, 11) is 0. The van der Waals surface area contributed by atoms with Crippen LogP contribution >= 0.6 is 0 Å². The lowest BCUT2D eigenvalue weighted by Crippen LogP contribution is -2.39. The summed E-state index contributed by atoms with van der Waals surface area (Å²) in [4.78, 5) is 26.8. The van der Waals surface area contributed by atoms with Crippen LogP contribution in [0.2, 0.25) is 0 Å². The third-order valence-electron chi connectivity index (χ3n) is 4.06. The summed E-state index contributed by atoms with van der Waals surface area (Å²) in [5, 5.41) is 6.36. The molecule has 1 aliphatic rings. The summed E-state index contributed by atoms with van der Waals surface area (Å²) in [6.45, 7) is 5.12. The van der Waals surface area contributed by atoms with Gasteiger partial charge in [0.2, 0.25) is 12.7 Å². The molecule has 2 amide bonds. The number of amides is 2. The van der Waals surface area contributed by atoms with Crippen LogP contribution in [0.4, 0.5) is 5.82 Å². The normalized spacial score (nSPS) is 12.1. The van der Waals surface area contributed by atoms with Crippen LogP contribution < -0.4 is 14.8 Å². The van der Waals surface area contributed by atoms with Crippen LogP contribution in [0.1, 0.15) is 29.5 Å². The number of aryl methyl sites for hydroxylation is 1. The Labute approximate surface area is 162 Å². The summed E-state index contributed by atoms with van der Waals surface area (Å²) in [6.07, 6.45) is 0.612. The van der Waals surface area contributed by atoms with E-state index in [9.17, 15) is 9.59 Å². The van der Waals surface area contributed by atoms with Gasteiger partial charge in [-0.25, -0.2) is 0 Å². The zero-order chi connectivity index (χ0) is 19.9. The molecule has 0 radical (unpaired) electrons. The fourth-order valence-electron chi connectivity index (χ4n) is 2.75. The monoisotopic (exact) mass is 389 g/mol. The number of nitrogens with zero attached hydrogens (tertiary/aromatic N) is 2. The molecule has 0 unspecified atom stereocenters. The van der Waals surface area contributed by atoms with E-state index in [2.05, 4.69) is 10.5 Å². The number of aromatic nitrogens is 1. The molecule has 0 spiro atoms. The molecule has 1 aromatic heterocycles. The van der Waals surface area contributed by atoms with Gasteiger partial charge >= 0.3 is 0 Å². The third-order valence-corrected chi connectivity index (χ3v) is 4.06. The molecule has 0 saturated carbocycles. The molecule has 1 N–H and O–H groups in total. The number of hydrogen-bond donors (Lipinski definition) is 1. The highest BCUT2D eigenvalue weighted by Crippen LogP contribution is 2.32. The van der Waals surface area contributed by atoms with Crippen molar-refractivity contribution in [1.29, 1.82) is 0 Å². The van der Waals surface area contributed by atoms with E-state index in [4.69, 9.17) is 18.7 Å². The number of benzene rings is 1. The van der Waals surface area contributed by atoms with Crippen LogP contribution in [0.15, 0.2) is 28.8 Å². The van der Waals surface area contributed by atoms with E-state index in [1.165, 1.54) is 4.90 Å². The van der Waals surface area contributed by atoms with Gasteiger partial charge in [-0.05, 0) is 38.5 Å². The molecule has 1 aromatic carbocycles. The first-order valence-corrected chi connectivity index (χ1v) is 9.06. The number of nitrogens with one attached hydrogen (secondary N) is 1. The second kappa shape index (κ2) is 9.23. The molecule has 2 heterocycles. The lowest BCUT2D eigenvalue weighted by atomic mass is 10.1. The Balaban J connectivity index is 1.68. The molecule has 0 saturated heterocycles. The Morgan fingerprint density at radius 2 is 2.07 bits per heavy atom. The van der Waals surface area contributed by atoms with Crippen molar-refractivity contribution in [2.24, 2.45) is 0 Å². The molecule has 9 heteroatoms. The van der Waals surface area contributed by atoms with E-state index in [1.54, 1.807) is 31.2 Å². The highest BCUT2D eigenvalue weighted by atomic mass is 16.7. The van der Waals surface area contributed by atoms with Crippen LogP contribution in [0, 0.1) is 6.92 Å². The zero-order valence-electron chi connectivity index (χ0n) is 15.9. The second-order valence-corrected chi connectivity index (χ2v) is 6.22. The first-order chi connectivity index (χ1) is 13.6. The largest absolute Gasteiger partial charge is 0.454 e. The van der Waals surface area contributed by atoms with Crippen LogP contribution in [-0.2, 0) is 9.53 Å². The number of rotatable bonds is 9. The number of hydrogen-bond acceptors (Lipinski definition) is 7. The van der Waals surface area contributed by atoms with E-state index in [0.717, 1.165) is 0 Å². The molecule has 150 valence electrons. The zero-order valence-corrected chi connectivity index (χ0v) is 15.9. The predicted octanol–water partition coefficient (Wildman–Crippen LogP) is 2.22. The molecular weight excluding hydrogens is 366 g/mol. The average Bonchev–Trinajstić information content (AvgIpc) is 3.31. The fourth-order valence-corrected chi connectivity index (χ4v) is 2.75. The molecule has 0 atom stereocenters. The van der Waals surface area contributed by atoms with Crippen molar-refractivity contribution in [2.75, 3.05) is 38.4 Å². The van der Waals surface area contributed by atoms with Crippen molar-refractivity contribution in [2.45, 2.75) is 20.3 Å². The molecule has 28 heavy (non-hydrogen) atoms. The maximum Gasteiger partial charge on any atom is 0.254 e. The standard InChI is InChI=1S/C19H23N3O6/c1-3-25-8-4-7-22(11-18(23)20-17-9-13(2)28-21-17)19(24)14-5-6-15-16(10-14)27-12-26-15/h5-6,9-10H,3-4,7-8,11-12H2,1-2H3,(H,20,21,23). The summed E-state index contributed by atoms with van der Waals surface area (Å²) < 4.78 is 20.9. The smallest absolute Gasteiger partial charge is 0.254 e. The molecule has 0 bridgehead atoms. The van der Waals surface area contributed by atoms with Crippen molar-refractivity contribution < 1.29 is 28.3 Å². The molecule has 0 fully saturated rings. The van der Waals surface area contributed by atoms with Crippen LogP contribution in [-0.4, -0.2) is 55.0 Å². The molecule has 2 aromatic rings. The highest BCUT2D eigenvalue weighted by molar-refractivity contribution is 5.99. The van der Waals surface area contributed by atoms with Crippen molar-refractivity contribution in [3.05, 3.63) is 35.6 Å². The molecule has 3 rings (SSSR count). The van der Waals surface area contributed by atoms with Crippen molar-refractivity contribution >= 4 is 17.6 Å². The van der Waals surface area contributed by atoms with Crippen LogP contribution in [0.5, 0.6) is 11.5 Å². The minimum Gasteiger partial charge on any atom is -0.454 e. The van der Waals surface area contributed by atoms with Gasteiger partial charge in [-0.1, -0.05) is 5.16 Å². The first-order valence-electron chi connectivity index (χ1n) is 9.06. The third kappa shape index (κ3) is 5.01. The first kappa shape index (κ1) is 19.7. The lowest BCUT2D eigenvalue weighted by molar-refractivity contribution is -0.117. The maximum atomic E-state index is 13.0. The minimum atomic E-state index is -0.362. The number of carbonyl (C=O) groups is 2. The average molecular weight is 389 g/mol. The van der Waals surface area contributed by atoms with Gasteiger partial charge in [0.25, 0.3) is 5.91 Å². The van der Waals surface area contributed by atoms with Gasteiger partial charge in [-0.3, -0.25) is 9.59 Å². The molecule has 9 nitrogen and oxygen atoms in total. The fraction of sp³-hybridized carbons (Fsp3) is 0.421. The number of carbonyl (C=O) groups excluding carboxylic acids is 2. The molecule has 1 aliphatic heterocycles. The molecular formula is C19H23N3O6. The maximum absolute atomic E-state index is 13.0. The van der Waals surface area contributed by atoms with Crippen LogP contribution in [0.25, 0.3) is 0 Å². The van der Waals surface area contributed by atoms with E-state index in [0.29, 0.717) is 54.8 Å².